The molecule has 0 atom stereocenters. The highest BCUT2D eigenvalue weighted by Gasteiger charge is 2.04. The number of hydrogen-bond acceptors (Lipinski definition) is 4. The van der Waals surface area contributed by atoms with E-state index in [1.807, 2.05) is 30.3 Å². The number of nitrogens with one attached hydrogen (secondary N) is 1. The van der Waals surface area contributed by atoms with Crippen LogP contribution in [-0.2, 0) is 6.54 Å². The Morgan fingerprint density at radius 1 is 0.889 bits per heavy atom. The first-order chi connectivity index (χ1) is 13.1. The number of aryl methyl sites for hydroxylation is 2. The molecule has 27 heavy (non-hydrogen) atoms. The van der Waals surface area contributed by atoms with Crippen LogP contribution in [0.4, 0.5) is 5.82 Å². The molecule has 0 fully saturated rings. The van der Waals surface area contributed by atoms with E-state index in [2.05, 4.69) is 55.3 Å². The first-order valence-electron chi connectivity index (χ1n) is 9.19. The lowest BCUT2D eigenvalue weighted by Crippen LogP contribution is -2.10. The van der Waals surface area contributed by atoms with Crippen LogP contribution in [0.25, 0.3) is 0 Å². The van der Waals surface area contributed by atoms with Crippen molar-refractivity contribution < 1.29 is 9.47 Å². The van der Waals surface area contributed by atoms with Crippen LogP contribution in [0.5, 0.6) is 11.5 Å². The molecule has 2 aromatic carbocycles. The lowest BCUT2D eigenvalue weighted by Gasteiger charge is -2.13. The summed E-state index contributed by atoms with van der Waals surface area (Å²) in [6.07, 6.45) is 1.78. The molecule has 1 N–H and O–H groups in total. The molecule has 0 bridgehead atoms. The van der Waals surface area contributed by atoms with Crippen molar-refractivity contribution in [3.05, 3.63) is 83.0 Å². The maximum Gasteiger partial charge on any atom is 0.126 e. The summed E-state index contributed by atoms with van der Waals surface area (Å²) >= 11 is 0. The molecule has 3 aromatic rings. The second-order valence-corrected chi connectivity index (χ2v) is 6.61. The van der Waals surface area contributed by atoms with E-state index in [4.69, 9.17) is 9.47 Å². The average molecular weight is 362 g/mol. The van der Waals surface area contributed by atoms with Gasteiger partial charge in [0.2, 0.25) is 0 Å². The van der Waals surface area contributed by atoms with Crippen molar-refractivity contribution in [1.29, 1.82) is 0 Å². The normalized spacial score (nSPS) is 10.5. The highest BCUT2D eigenvalue weighted by atomic mass is 16.5. The van der Waals surface area contributed by atoms with Gasteiger partial charge in [-0.25, -0.2) is 4.98 Å². The molecule has 0 unspecified atom stereocenters. The van der Waals surface area contributed by atoms with E-state index in [-0.39, 0.29) is 0 Å². The third-order valence-corrected chi connectivity index (χ3v) is 4.44. The molecule has 0 radical (unpaired) electrons. The maximum atomic E-state index is 5.89. The summed E-state index contributed by atoms with van der Waals surface area (Å²) in [5.41, 5.74) is 4.82. The molecule has 3 rings (SSSR count). The van der Waals surface area contributed by atoms with E-state index < -0.39 is 0 Å². The van der Waals surface area contributed by atoms with Gasteiger partial charge in [0.05, 0.1) is 0 Å². The number of rotatable bonds is 8. The summed E-state index contributed by atoms with van der Waals surface area (Å²) in [5, 5.41) is 3.29. The molecular weight excluding hydrogens is 336 g/mol. The van der Waals surface area contributed by atoms with Gasteiger partial charge in [-0.1, -0.05) is 24.3 Å². The van der Waals surface area contributed by atoms with E-state index in [1.54, 1.807) is 6.20 Å². The number of aromatic nitrogens is 1. The minimum atomic E-state index is 0.512. The third-order valence-electron chi connectivity index (χ3n) is 4.44. The molecule has 0 amide bonds. The standard InChI is InChI=1S/C23H26N2O2/c1-17-14-18(2)19(3)22(15-17)27-13-12-26-21-9-7-20(8-10-21)16-25-23-6-4-5-11-24-23/h4-11,14-15H,12-13,16H2,1-3H3,(H,24,25). The molecule has 0 aliphatic rings. The molecule has 1 aromatic heterocycles. The van der Waals surface area contributed by atoms with Crippen LogP contribution >= 0.6 is 0 Å². The van der Waals surface area contributed by atoms with Gasteiger partial charge < -0.3 is 14.8 Å². The van der Waals surface area contributed by atoms with Crippen molar-refractivity contribution >= 4 is 5.82 Å². The van der Waals surface area contributed by atoms with Gasteiger partial charge in [0.25, 0.3) is 0 Å². The number of hydrogen-bond donors (Lipinski definition) is 1. The molecule has 0 spiro atoms. The van der Waals surface area contributed by atoms with Crippen LogP contribution in [0.3, 0.4) is 0 Å². The van der Waals surface area contributed by atoms with E-state index in [9.17, 15) is 0 Å². The number of nitrogens with zero attached hydrogens (tertiary/aromatic N) is 1. The van der Waals surface area contributed by atoms with E-state index in [1.165, 1.54) is 22.3 Å². The molecule has 0 saturated carbocycles. The van der Waals surface area contributed by atoms with Gasteiger partial charge >= 0.3 is 0 Å². The Morgan fingerprint density at radius 3 is 2.41 bits per heavy atom. The molecule has 0 aliphatic carbocycles. The van der Waals surface area contributed by atoms with Crippen molar-refractivity contribution in [2.75, 3.05) is 18.5 Å². The van der Waals surface area contributed by atoms with Gasteiger partial charge in [-0.2, -0.15) is 0 Å². The summed E-state index contributed by atoms with van der Waals surface area (Å²) in [4.78, 5) is 4.25. The molecular formula is C23H26N2O2. The van der Waals surface area contributed by atoms with E-state index >= 15 is 0 Å². The number of anilines is 1. The van der Waals surface area contributed by atoms with Crippen molar-refractivity contribution in [3.8, 4) is 11.5 Å². The molecule has 4 heteroatoms. The molecule has 1 heterocycles. The smallest absolute Gasteiger partial charge is 0.126 e. The van der Waals surface area contributed by atoms with Crippen LogP contribution < -0.4 is 14.8 Å². The average Bonchev–Trinajstić information content (AvgIpc) is 2.69. The van der Waals surface area contributed by atoms with Crippen molar-refractivity contribution in [2.45, 2.75) is 27.3 Å². The Bertz CT molecular complexity index is 862. The van der Waals surface area contributed by atoms with Crippen LogP contribution in [0.1, 0.15) is 22.3 Å². The summed E-state index contributed by atoms with van der Waals surface area (Å²) < 4.78 is 11.7. The van der Waals surface area contributed by atoms with Gasteiger partial charge in [-0.3, -0.25) is 0 Å². The second kappa shape index (κ2) is 9.08. The van der Waals surface area contributed by atoms with Crippen LogP contribution in [0.2, 0.25) is 0 Å². The highest BCUT2D eigenvalue weighted by molar-refractivity contribution is 5.42. The van der Waals surface area contributed by atoms with Gasteiger partial charge in [-0.15, -0.1) is 0 Å². The molecule has 0 aliphatic heterocycles. The summed E-state index contributed by atoms with van der Waals surface area (Å²) in [7, 11) is 0. The van der Waals surface area contributed by atoms with Crippen LogP contribution in [-0.4, -0.2) is 18.2 Å². The lowest BCUT2D eigenvalue weighted by atomic mass is 10.1. The zero-order chi connectivity index (χ0) is 19.1. The number of ether oxygens (including phenoxy) is 2. The minimum absolute atomic E-state index is 0.512. The van der Waals surface area contributed by atoms with E-state index in [0.717, 1.165) is 23.9 Å². The lowest BCUT2D eigenvalue weighted by molar-refractivity contribution is 0.216. The van der Waals surface area contributed by atoms with Crippen LogP contribution in [0.15, 0.2) is 60.8 Å². The molecule has 4 nitrogen and oxygen atoms in total. The van der Waals surface area contributed by atoms with Gasteiger partial charge in [0.1, 0.15) is 30.5 Å². The molecule has 0 saturated heterocycles. The highest BCUT2D eigenvalue weighted by Crippen LogP contribution is 2.23. The van der Waals surface area contributed by atoms with Gasteiger partial charge in [0, 0.05) is 12.7 Å². The van der Waals surface area contributed by atoms with Gasteiger partial charge in [0.15, 0.2) is 0 Å². The second-order valence-electron chi connectivity index (χ2n) is 6.61. The van der Waals surface area contributed by atoms with Crippen molar-refractivity contribution in [1.82, 2.24) is 4.98 Å². The van der Waals surface area contributed by atoms with Crippen molar-refractivity contribution in [2.24, 2.45) is 0 Å². The first kappa shape index (κ1) is 18.8. The predicted molar refractivity (Wildman–Crippen MR) is 110 cm³/mol. The topological polar surface area (TPSA) is 43.4 Å². The zero-order valence-electron chi connectivity index (χ0n) is 16.2. The summed E-state index contributed by atoms with van der Waals surface area (Å²) in [6, 6.07) is 18.1. The van der Waals surface area contributed by atoms with Crippen LogP contribution in [0, 0.1) is 20.8 Å². The Kier molecular flexibility index (Phi) is 6.31. The zero-order valence-corrected chi connectivity index (χ0v) is 16.2. The largest absolute Gasteiger partial charge is 0.490 e. The summed E-state index contributed by atoms with van der Waals surface area (Å²) in [5.74, 6) is 2.65. The Labute approximate surface area is 161 Å². The predicted octanol–water partition coefficient (Wildman–Crippen LogP) is 5.08. The molecule has 140 valence electrons. The SMILES string of the molecule is Cc1cc(C)c(C)c(OCCOc2ccc(CNc3ccccn3)cc2)c1. The number of pyridine rings is 1. The quantitative estimate of drug-likeness (QED) is 0.568. The Balaban J connectivity index is 1.44. The van der Waals surface area contributed by atoms with Crippen molar-refractivity contribution in [3.63, 3.8) is 0 Å². The number of benzene rings is 2. The third kappa shape index (κ3) is 5.48. The fourth-order valence-corrected chi connectivity index (χ4v) is 2.83. The fraction of sp³-hybridized carbons (Fsp3) is 0.261. The minimum Gasteiger partial charge on any atom is -0.490 e. The first-order valence-corrected chi connectivity index (χ1v) is 9.19. The maximum absolute atomic E-state index is 5.89. The Hall–Kier alpha value is -3.01. The fourth-order valence-electron chi connectivity index (χ4n) is 2.83. The monoisotopic (exact) mass is 362 g/mol. The summed E-state index contributed by atoms with van der Waals surface area (Å²) in [6.45, 7) is 8.04. The van der Waals surface area contributed by atoms with E-state index in [0.29, 0.717) is 13.2 Å². The Morgan fingerprint density at radius 2 is 1.67 bits per heavy atom. The van der Waals surface area contributed by atoms with Gasteiger partial charge in [-0.05, 0) is 73.4 Å².